The normalized spacial score (nSPS) is 16.9. The maximum absolute atomic E-state index is 12.3. The zero-order valence-electron chi connectivity index (χ0n) is 10.4. The number of carbonyl (C=O) groups excluding carboxylic acids is 1. The minimum absolute atomic E-state index is 0.0697. The van der Waals surface area contributed by atoms with Gasteiger partial charge in [0.05, 0.1) is 9.92 Å². The van der Waals surface area contributed by atoms with E-state index in [2.05, 4.69) is 5.32 Å². The molecule has 19 heavy (non-hydrogen) atoms. The van der Waals surface area contributed by atoms with E-state index in [0.717, 1.165) is 12.8 Å². The van der Waals surface area contributed by atoms with Crippen LogP contribution in [0.3, 0.4) is 0 Å². The zero-order valence-corrected chi connectivity index (χ0v) is 12.0. The number of hydrogen-bond acceptors (Lipinski definition) is 4. The smallest absolute Gasteiger partial charge is 0.238 e. The van der Waals surface area contributed by atoms with E-state index in [0.29, 0.717) is 0 Å². The predicted molar refractivity (Wildman–Crippen MR) is 73.7 cm³/mol. The molecule has 1 aromatic carbocycles. The van der Waals surface area contributed by atoms with Crippen molar-refractivity contribution in [3.8, 4) is 0 Å². The molecule has 5 nitrogen and oxygen atoms in total. The zero-order chi connectivity index (χ0) is 14.2. The van der Waals surface area contributed by atoms with Gasteiger partial charge in [-0.1, -0.05) is 11.6 Å². The van der Waals surface area contributed by atoms with Crippen LogP contribution in [0, 0.1) is 0 Å². The van der Waals surface area contributed by atoms with Gasteiger partial charge in [-0.05, 0) is 38.0 Å². The van der Waals surface area contributed by atoms with Crippen LogP contribution in [0.1, 0.15) is 19.8 Å². The second kappa shape index (κ2) is 5.02. The Hall–Kier alpha value is -1.27. The number of nitrogens with two attached hydrogens (primary N) is 1. The lowest BCUT2D eigenvalue weighted by molar-refractivity contribution is -0.120. The molecule has 0 aliphatic heterocycles. The average Bonchev–Trinajstić information content (AvgIpc) is 3.14. The number of nitrogen functional groups attached to an aromatic ring is 1. The molecule has 1 fully saturated rings. The van der Waals surface area contributed by atoms with Gasteiger partial charge in [-0.25, -0.2) is 8.42 Å². The quantitative estimate of drug-likeness (QED) is 0.822. The van der Waals surface area contributed by atoms with Gasteiger partial charge in [0.1, 0.15) is 5.25 Å². The number of sulfone groups is 1. The topological polar surface area (TPSA) is 89.3 Å². The fourth-order valence-corrected chi connectivity index (χ4v) is 3.43. The summed E-state index contributed by atoms with van der Waals surface area (Å²) in [6, 6.07) is 4.31. The summed E-state index contributed by atoms with van der Waals surface area (Å²) in [6.45, 7) is 1.35. The third-order valence-corrected chi connectivity index (χ3v) is 5.56. The molecule has 0 heterocycles. The monoisotopic (exact) mass is 302 g/mol. The van der Waals surface area contributed by atoms with Gasteiger partial charge in [0.2, 0.25) is 5.91 Å². The van der Waals surface area contributed by atoms with E-state index in [-0.39, 0.29) is 21.6 Å². The molecule has 1 amide bonds. The Labute approximate surface area is 117 Å². The van der Waals surface area contributed by atoms with E-state index in [1.54, 1.807) is 0 Å². The first-order valence-electron chi connectivity index (χ1n) is 5.91. The summed E-state index contributed by atoms with van der Waals surface area (Å²) in [6.07, 6.45) is 1.80. The molecule has 1 aliphatic rings. The Morgan fingerprint density at radius 2 is 2.11 bits per heavy atom. The standard InChI is InChI=1S/C12H15ClN2O3S/c1-7(12(16)15-9-3-4-9)19(17,18)11-6-8(14)2-5-10(11)13/h2,5-7,9H,3-4,14H2,1H3,(H,15,16). The van der Waals surface area contributed by atoms with Crippen molar-refractivity contribution in [2.45, 2.75) is 36.0 Å². The molecule has 2 rings (SSSR count). The number of amides is 1. The van der Waals surface area contributed by atoms with E-state index in [1.165, 1.54) is 25.1 Å². The highest BCUT2D eigenvalue weighted by molar-refractivity contribution is 7.92. The van der Waals surface area contributed by atoms with Crippen LogP contribution in [0.15, 0.2) is 23.1 Å². The van der Waals surface area contributed by atoms with E-state index < -0.39 is 21.0 Å². The lowest BCUT2D eigenvalue weighted by Crippen LogP contribution is -2.39. The maximum Gasteiger partial charge on any atom is 0.238 e. The number of benzene rings is 1. The van der Waals surface area contributed by atoms with E-state index in [1.807, 2.05) is 0 Å². The van der Waals surface area contributed by atoms with Crippen LogP contribution in [-0.4, -0.2) is 25.6 Å². The Morgan fingerprint density at radius 1 is 1.47 bits per heavy atom. The molecular weight excluding hydrogens is 288 g/mol. The van der Waals surface area contributed by atoms with Gasteiger partial charge in [0.15, 0.2) is 9.84 Å². The molecule has 1 atom stereocenters. The number of hydrogen-bond donors (Lipinski definition) is 2. The summed E-state index contributed by atoms with van der Waals surface area (Å²) in [5.41, 5.74) is 5.86. The average molecular weight is 303 g/mol. The second-order valence-corrected chi connectivity index (χ2v) is 7.30. The molecule has 0 radical (unpaired) electrons. The number of nitrogens with one attached hydrogen (secondary N) is 1. The molecule has 0 aromatic heterocycles. The second-order valence-electron chi connectivity index (χ2n) is 4.66. The van der Waals surface area contributed by atoms with Crippen LogP contribution in [0.5, 0.6) is 0 Å². The summed E-state index contributed by atoms with van der Waals surface area (Å²) in [5, 5.41) is 1.55. The predicted octanol–water partition coefficient (Wildman–Crippen LogP) is 1.36. The Bertz CT molecular complexity index is 611. The molecule has 104 valence electrons. The van der Waals surface area contributed by atoms with Gasteiger partial charge >= 0.3 is 0 Å². The summed E-state index contributed by atoms with van der Waals surface area (Å²) < 4.78 is 24.7. The van der Waals surface area contributed by atoms with Crippen molar-refractivity contribution in [2.75, 3.05) is 5.73 Å². The lowest BCUT2D eigenvalue weighted by atomic mass is 10.3. The van der Waals surface area contributed by atoms with E-state index in [4.69, 9.17) is 17.3 Å². The Kier molecular flexibility index (Phi) is 3.73. The van der Waals surface area contributed by atoms with Gasteiger partial charge in [0.25, 0.3) is 0 Å². The Morgan fingerprint density at radius 3 is 2.68 bits per heavy atom. The third kappa shape index (κ3) is 3.01. The molecule has 0 spiro atoms. The van der Waals surface area contributed by atoms with Crippen LogP contribution >= 0.6 is 11.6 Å². The lowest BCUT2D eigenvalue weighted by Gasteiger charge is -2.14. The molecule has 0 saturated heterocycles. The summed E-state index contributed by atoms with van der Waals surface area (Å²) in [5.74, 6) is -0.499. The van der Waals surface area contributed by atoms with Crippen LogP contribution < -0.4 is 11.1 Å². The highest BCUT2D eigenvalue weighted by atomic mass is 35.5. The minimum atomic E-state index is -3.83. The van der Waals surface area contributed by atoms with Gasteiger partial charge in [-0.15, -0.1) is 0 Å². The molecular formula is C12H15ClN2O3S. The van der Waals surface area contributed by atoms with Crippen molar-refractivity contribution in [3.05, 3.63) is 23.2 Å². The van der Waals surface area contributed by atoms with Crippen molar-refractivity contribution in [2.24, 2.45) is 0 Å². The molecule has 1 saturated carbocycles. The first-order chi connectivity index (χ1) is 8.82. The molecule has 1 unspecified atom stereocenters. The van der Waals surface area contributed by atoms with Gasteiger partial charge < -0.3 is 11.1 Å². The van der Waals surface area contributed by atoms with Crippen LogP contribution in [0.4, 0.5) is 5.69 Å². The molecule has 7 heteroatoms. The van der Waals surface area contributed by atoms with Crippen molar-refractivity contribution >= 4 is 33.0 Å². The largest absolute Gasteiger partial charge is 0.399 e. The van der Waals surface area contributed by atoms with Crippen molar-refractivity contribution in [1.29, 1.82) is 0 Å². The highest BCUT2D eigenvalue weighted by Gasteiger charge is 2.34. The van der Waals surface area contributed by atoms with E-state index >= 15 is 0 Å². The number of anilines is 1. The number of rotatable bonds is 4. The maximum atomic E-state index is 12.3. The van der Waals surface area contributed by atoms with Gasteiger partial charge in [0, 0.05) is 11.7 Å². The summed E-state index contributed by atoms with van der Waals surface area (Å²) >= 11 is 5.88. The van der Waals surface area contributed by atoms with Gasteiger partial charge in [-0.2, -0.15) is 0 Å². The fourth-order valence-electron chi connectivity index (χ4n) is 1.62. The summed E-state index contributed by atoms with van der Waals surface area (Å²) in [7, 11) is -3.83. The van der Waals surface area contributed by atoms with Crippen LogP contribution in [-0.2, 0) is 14.6 Å². The van der Waals surface area contributed by atoms with Gasteiger partial charge in [-0.3, -0.25) is 4.79 Å². The number of halogens is 1. The fraction of sp³-hybridized carbons (Fsp3) is 0.417. The first-order valence-corrected chi connectivity index (χ1v) is 7.84. The van der Waals surface area contributed by atoms with Crippen LogP contribution in [0.2, 0.25) is 5.02 Å². The number of carbonyl (C=O) groups is 1. The molecule has 3 N–H and O–H groups in total. The highest BCUT2D eigenvalue weighted by Crippen LogP contribution is 2.27. The molecule has 1 aliphatic carbocycles. The minimum Gasteiger partial charge on any atom is -0.399 e. The summed E-state index contributed by atoms with van der Waals surface area (Å²) in [4.78, 5) is 11.7. The molecule has 0 bridgehead atoms. The SMILES string of the molecule is CC(C(=O)NC1CC1)S(=O)(=O)c1cc(N)ccc1Cl. The van der Waals surface area contributed by atoms with Crippen LogP contribution in [0.25, 0.3) is 0 Å². The Balaban J connectivity index is 2.29. The van der Waals surface area contributed by atoms with Crippen molar-refractivity contribution < 1.29 is 13.2 Å². The third-order valence-electron chi connectivity index (χ3n) is 3.02. The van der Waals surface area contributed by atoms with Crippen molar-refractivity contribution in [1.82, 2.24) is 5.32 Å². The van der Waals surface area contributed by atoms with E-state index in [9.17, 15) is 13.2 Å². The molecule has 1 aromatic rings. The van der Waals surface area contributed by atoms with Crippen molar-refractivity contribution in [3.63, 3.8) is 0 Å². The first kappa shape index (κ1) is 14.1.